The standard InChI is InChI=1S/C10H18O/c1-7(2)10(11)6-8-3-4-9(10)5-8/h7-9,11H,3-6H2,1-2H3. The SMILES string of the molecule is CC(C)C1(O)CC2CCC1C2. The summed E-state index contributed by atoms with van der Waals surface area (Å²) in [6, 6.07) is 0. The van der Waals surface area contributed by atoms with Gasteiger partial charge >= 0.3 is 0 Å². The normalized spacial score (nSPS) is 49.1. The van der Waals surface area contributed by atoms with Crippen LogP contribution in [0, 0.1) is 17.8 Å². The van der Waals surface area contributed by atoms with Gasteiger partial charge in [-0.05, 0) is 43.4 Å². The first-order chi connectivity index (χ1) is 5.13. The lowest BCUT2D eigenvalue weighted by atomic mass is 9.76. The third-order valence-electron chi connectivity index (χ3n) is 3.86. The largest absolute Gasteiger partial charge is 0.389 e. The molecule has 2 saturated carbocycles. The van der Waals surface area contributed by atoms with Crippen molar-refractivity contribution in [2.24, 2.45) is 17.8 Å². The molecule has 0 spiro atoms. The van der Waals surface area contributed by atoms with Crippen molar-refractivity contribution in [2.45, 2.75) is 45.1 Å². The molecule has 0 aromatic carbocycles. The molecule has 1 heteroatoms. The van der Waals surface area contributed by atoms with E-state index in [0.29, 0.717) is 11.8 Å². The van der Waals surface area contributed by atoms with Gasteiger partial charge in [0.2, 0.25) is 0 Å². The fourth-order valence-electron chi connectivity index (χ4n) is 3.05. The van der Waals surface area contributed by atoms with Gasteiger partial charge in [-0.3, -0.25) is 0 Å². The Morgan fingerprint density at radius 3 is 2.36 bits per heavy atom. The maximum Gasteiger partial charge on any atom is 0.0701 e. The number of hydrogen-bond acceptors (Lipinski definition) is 1. The second-order valence-corrected chi connectivity index (χ2v) is 4.73. The van der Waals surface area contributed by atoms with Crippen molar-refractivity contribution >= 4 is 0 Å². The van der Waals surface area contributed by atoms with Gasteiger partial charge in [-0.15, -0.1) is 0 Å². The van der Waals surface area contributed by atoms with Gasteiger partial charge in [0.15, 0.2) is 0 Å². The van der Waals surface area contributed by atoms with Crippen molar-refractivity contribution in [2.75, 3.05) is 0 Å². The summed E-state index contributed by atoms with van der Waals surface area (Å²) in [7, 11) is 0. The average molecular weight is 154 g/mol. The van der Waals surface area contributed by atoms with E-state index in [4.69, 9.17) is 0 Å². The maximum atomic E-state index is 10.3. The number of fused-ring (bicyclic) bond motifs is 2. The summed E-state index contributed by atoms with van der Waals surface area (Å²) in [5.74, 6) is 1.94. The molecule has 0 aromatic rings. The molecule has 11 heavy (non-hydrogen) atoms. The van der Waals surface area contributed by atoms with E-state index >= 15 is 0 Å². The first-order valence-corrected chi connectivity index (χ1v) is 4.85. The molecule has 2 rings (SSSR count). The molecule has 0 saturated heterocycles. The van der Waals surface area contributed by atoms with E-state index in [1.165, 1.54) is 19.3 Å². The molecule has 0 amide bonds. The highest BCUT2D eigenvalue weighted by Gasteiger charge is 2.51. The molecule has 0 heterocycles. The van der Waals surface area contributed by atoms with Gasteiger partial charge in [0, 0.05) is 0 Å². The van der Waals surface area contributed by atoms with Crippen LogP contribution in [0.4, 0.5) is 0 Å². The molecule has 0 aliphatic heterocycles. The summed E-state index contributed by atoms with van der Waals surface area (Å²) < 4.78 is 0. The molecule has 64 valence electrons. The van der Waals surface area contributed by atoms with Crippen molar-refractivity contribution < 1.29 is 5.11 Å². The highest BCUT2D eigenvalue weighted by atomic mass is 16.3. The third kappa shape index (κ3) is 0.936. The Morgan fingerprint density at radius 2 is 2.09 bits per heavy atom. The molecule has 1 nitrogen and oxygen atoms in total. The van der Waals surface area contributed by atoms with Crippen LogP contribution in [0.1, 0.15) is 39.5 Å². The van der Waals surface area contributed by atoms with Crippen molar-refractivity contribution in [3.63, 3.8) is 0 Å². The number of hydrogen-bond donors (Lipinski definition) is 1. The highest BCUT2D eigenvalue weighted by molar-refractivity contribution is 5.02. The van der Waals surface area contributed by atoms with Crippen LogP contribution >= 0.6 is 0 Å². The van der Waals surface area contributed by atoms with E-state index in [0.717, 1.165) is 12.3 Å². The van der Waals surface area contributed by atoms with Crippen LogP contribution in [0.2, 0.25) is 0 Å². The third-order valence-corrected chi connectivity index (χ3v) is 3.86. The molecule has 3 unspecified atom stereocenters. The lowest BCUT2D eigenvalue weighted by Crippen LogP contribution is -2.40. The van der Waals surface area contributed by atoms with Gasteiger partial charge in [-0.2, -0.15) is 0 Å². The number of aliphatic hydroxyl groups is 1. The minimum absolute atomic E-state index is 0.289. The van der Waals surface area contributed by atoms with Crippen LogP contribution in [0.15, 0.2) is 0 Å². The van der Waals surface area contributed by atoms with Crippen LogP contribution < -0.4 is 0 Å². The van der Waals surface area contributed by atoms with Crippen molar-refractivity contribution in [1.29, 1.82) is 0 Å². The first-order valence-electron chi connectivity index (χ1n) is 4.85. The zero-order valence-corrected chi connectivity index (χ0v) is 7.51. The second kappa shape index (κ2) is 2.22. The van der Waals surface area contributed by atoms with Gasteiger partial charge in [-0.1, -0.05) is 13.8 Å². The Labute approximate surface area is 68.8 Å². The monoisotopic (exact) mass is 154 g/mol. The van der Waals surface area contributed by atoms with Gasteiger partial charge in [0.25, 0.3) is 0 Å². The van der Waals surface area contributed by atoms with Crippen LogP contribution in [-0.4, -0.2) is 10.7 Å². The molecule has 2 bridgehead atoms. The lowest BCUT2D eigenvalue weighted by Gasteiger charge is -2.36. The average Bonchev–Trinajstić information content (AvgIpc) is 2.45. The Balaban J connectivity index is 2.16. The molecule has 1 N–H and O–H groups in total. The van der Waals surface area contributed by atoms with Gasteiger partial charge in [-0.25, -0.2) is 0 Å². The predicted molar refractivity (Wildman–Crippen MR) is 45.2 cm³/mol. The van der Waals surface area contributed by atoms with Gasteiger partial charge in [0.05, 0.1) is 5.60 Å². The van der Waals surface area contributed by atoms with E-state index in [1.807, 2.05) is 0 Å². The van der Waals surface area contributed by atoms with E-state index in [1.54, 1.807) is 0 Å². The summed E-state index contributed by atoms with van der Waals surface area (Å²) in [6.45, 7) is 4.31. The quantitative estimate of drug-likeness (QED) is 0.614. The topological polar surface area (TPSA) is 20.2 Å². The van der Waals surface area contributed by atoms with E-state index < -0.39 is 0 Å². The van der Waals surface area contributed by atoms with Gasteiger partial charge < -0.3 is 5.11 Å². The molecule has 0 aromatic heterocycles. The summed E-state index contributed by atoms with van der Waals surface area (Å²) >= 11 is 0. The van der Waals surface area contributed by atoms with Crippen LogP contribution in [-0.2, 0) is 0 Å². The zero-order chi connectivity index (χ0) is 8.06. The summed E-state index contributed by atoms with van der Waals surface area (Å²) in [5, 5.41) is 10.3. The molecular formula is C10H18O. The predicted octanol–water partition coefficient (Wildman–Crippen LogP) is 2.19. The fraction of sp³-hybridized carbons (Fsp3) is 1.00. The number of rotatable bonds is 1. The van der Waals surface area contributed by atoms with Crippen molar-refractivity contribution in [1.82, 2.24) is 0 Å². The summed E-state index contributed by atoms with van der Waals surface area (Å²) in [6.07, 6.45) is 5.03. The molecule has 2 aliphatic carbocycles. The second-order valence-electron chi connectivity index (χ2n) is 4.73. The summed E-state index contributed by atoms with van der Waals surface area (Å²) in [4.78, 5) is 0. The van der Waals surface area contributed by atoms with E-state index in [2.05, 4.69) is 13.8 Å². The van der Waals surface area contributed by atoms with E-state index in [-0.39, 0.29) is 5.60 Å². The Hall–Kier alpha value is -0.0400. The smallest absolute Gasteiger partial charge is 0.0701 e. The van der Waals surface area contributed by atoms with Crippen molar-refractivity contribution in [3.8, 4) is 0 Å². The molecule has 3 atom stereocenters. The first kappa shape index (κ1) is 7.60. The summed E-state index contributed by atoms with van der Waals surface area (Å²) in [5.41, 5.74) is -0.289. The Morgan fingerprint density at radius 1 is 1.36 bits per heavy atom. The van der Waals surface area contributed by atoms with Crippen LogP contribution in [0.5, 0.6) is 0 Å². The van der Waals surface area contributed by atoms with Crippen LogP contribution in [0.3, 0.4) is 0 Å². The zero-order valence-electron chi connectivity index (χ0n) is 7.51. The molecule has 0 radical (unpaired) electrons. The molecular weight excluding hydrogens is 136 g/mol. The van der Waals surface area contributed by atoms with Gasteiger partial charge in [0.1, 0.15) is 0 Å². The Bertz CT molecular complexity index is 164. The van der Waals surface area contributed by atoms with Crippen LogP contribution in [0.25, 0.3) is 0 Å². The lowest BCUT2D eigenvalue weighted by molar-refractivity contribution is -0.0529. The molecule has 2 aliphatic rings. The van der Waals surface area contributed by atoms with Crippen molar-refractivity contribution in [3.05, 3.63) is 0 Å². The Kier molecular flexibility index (Phi) is 1.54. The fourth-order valence-corrected chi connectivity index (χ4v) is 3.05. The molecule has 2 fully saturated rings. The minimum Gasteiger partial charge on any atom is -0.389 e. The minimum atomic E-state index is -0.289. The highest BCUT2D eigenvalue weighted by Crippen LogP contribution is 2.53. The van der Waals surface area contributed by atoms with E-state index in [9.17, 15) is 5.11 Å². The maximum absolute atomic E-state index is 10.3.